The second-order valence-corrected chi connectivity index (χ2v) is 2.98. The van der Waals surface area contributed by atoms with Crippen molar-refractivity contribution in [2.75, 3.05) is 6.26 Å². The highest BCUT2D eigenvalue weighted by atomic mass is 32.2. The Morgan fingerprint density at radius 2 is 2.27 bits per heavy atom. The normalized spacial score (nSPS) is 9.55. The van der Waals surface area contributed by atoms with Crippen molar-refractivity contribution in [1.29, 1.82) is 0 Å². The summed E-state index contributed by atoms with van der Waals surface area (Å²) in [7, 11) is 0. The fourth-order valence-electron chi connectivity index (χ4n) is 0.881. The number of hydrogen-bond acceptors (Lipinski definition) is 2. The molecule has 0 aliphatic heterocycles. The van der Waals surface area contributed by atoms with Gasteiger partial charge < -0.3 is 5.11 Å². The van der Waals surface area contributed by atoms with Crippen LogP contribution in [0, 0.1) is 0 Å². The lowest BCUT2D eigenvalue weighted by Gasteiger charge is -2.01. The van der Waals surface area contributed by atoms with Gasteiger partial charge in [0.05, 0.1) is 0 Å². The minimum absolute atomic E-state index is 0.290. The van der Waals surface area contributed by atoms with E-state index in [-0.39, 0.29) is 5.75 Å². The number of hydrogen-bond donors (Lipinski definition) is 1. The van der Waals surface area contributed by atoms with Crippen LogP contribution in [0.3, 0.4) is 0 Å². The van der Waals surface area contributed by atoms with Gasteiger partial charge in [-0.1, -0.05) is 12.7 Å². The van der Waals surface area contributed by atoms with Gasteiger partial charge in [-0.15, -0.1) is 11.8 Å². The molecule has 0 atom stereocenters. The monoisotopic (exact) mass is 166 g/mol. The highest BCUT2D eigenvalue weighted by molar-refractivity contribution is 7.98. The number of phenols is 1. The molecule has 0 fully saturated rings. The quantitative estimate of drug-likeness (QED) is 0.682. The molecule has 0 bridgehead atoms. The Hall–Kier alpha value is -0.890. The molecule has 0 spiro atoms. The Kier molecular flexibility index (Phi) is 2.60. The first-order valence-corrected chi connectivity index (χ1v) is 4.50. The van der Waals surface area contributed by atoms with E-state index in [0.29, 0.717) is 0 Å². The molecule has 1 aromatic rings. The fourth-order valence-corrected chi connectivity index (χ4v) is 1.46. The van der Waals surface area contributed by atoms with E-state index in [1.165, 1.54) is 0 Å². The molecular formula is C9H10OS. The highest BCUT2D eigenvalue weighted by Crippen LogP contribution is 2.24. The SMILES string of the molecule is C=Cc1cc(O)ccc1SC. The van der Waals surface area contributed by atoms with Gasteiger partial charge in [0.25, 0.3) is 0 Å². The second-order valence-electron chi connectivity index (χ2n) is 2.13. The van der Waals surface area contributed by atoms with Crippen molar-refractivity contribution in [3.63, 3.8) is 0 Å². The van der Waals surface area contributed by atoms with Crippen LogP contribution in [-0.4, -0.2) is 11.4 Å². The molecule has 1 nitrogen and oxygen atoms in total. The molecule has 1 rings (SSSR count). The van der Waals surface area contributed by atoms with Crippen molar-refractivity contribution in [2.45, 2.75) is 4.90 Å². The zero-order valence-corrected chi connectivity index (χ0v) is 7.19. The lowest BCUT2D eigenvalue weighted by molar-refractivity contribution is 0.474. The van der Waals surface area contributed by atoms with Gasteiger partial charge in [-0.2, -0.15) is 0 Å². The zero-order chi connectivity index (χ0) is 8.27. The van der Waals surface area contributed by atoms with E-state index in [1.54, 1.807) is 30.0 Å². The van der Waals surface area contributed by atoms with Gasteiger partial charge in [-0.05, 0) is 30.0 Å². The van der Waals surface area contributed by atoms with Gasteiger partial charge in [0, 0.05) is 4.90 Å². The van der Waals surface area contributed by atoms with E-state index in [4.69, 9.17) is 5.11 Å². The van der Waals surface area contributed by atoms with Crippen molar-refractivity contribution in [3.8, 4) is 5.75 Å². The largest absolute Gasteiger partial charge is 0.508 e. The molecule has 0 aliphatic rings. The number of thioether (sulfide) groups is 1. The third-order valence-corrected chi connectivity index (χ3v) is 2.24. The van der Waals surface area contributed by atoms with Crippen LogP contribution < -0.4 is 0 Å². The summed E-state index contributed by atoms with van der Waals surface area (Å²) in [6.07, 6.45) is 3.74. The summed E-state index contributed by atoms with van der Waals surface area (Å²) in [5.74, 6) is 0.290. The van der Waals surface area contributed by atoms with E-state index in [2.05, 4.69) is 6.58 Å². The van der Waals surface area contributed by atoms with E-state index in [9.17, 15) is 0 Å². The van der Waals surface area contributed by atoms with Crippen molar-refractivity contribution >= 4 is 17.8 Å². The Bertz CT molecular complexity index is 268. The number of aromatic hydroxyl groups is 1. The average Bonchev–Trinajstić information content (AvgIpc) is 2.04. The van der Waals surface area contributed by atoms with Gasteiger partial charge in [0.2, 0.25) is 0 Å². The first-order chi connectivity index (χ1) is 5.27. The molecule has 0 aromatic heterocycles. The summed E-state index contributed by atoms with van der Waals surface area (Å²) in [6.45, 7) is 3.66. The van der Waals surface area contributed by atoms with Gasteiger partial charge >= 0.3 is 0 Å². The van der Waals surface area contributed by atoms with Crippen LogP contribution in [0.5, 0.6) is 5.75 Å². The molecule has 1 aromatic carbocycles. The Balaban J connectivity index is 3.16. The summed E-state index contributed by atoms with van der Waals surface area (Å²) in [5, 5.41) is 9.11. The summed E-state index contributed by atoms with van der Waals surface area (Å²) in [4.78, 5) is 1.14. The predicted octanol–water partition coefficient (Wildman–Crippen LogP) is 2.76. The maximum absolute atomic E-state index is 9.11. The molecule has 0 unspecified atom stereocenters. The first kappa shape index (κ1) is 8.21. The molecule has 0 saturated carbocycles. The molecule has 0 aliphatic carbocycles. The number of benzene rings is 1. The molecule has 0 heterocycles. The molecule has 0 saturated heterocycles. The van der Waals surface area contributed by atoms with Crippen LogP contribution >= 0.6 is 11.8 Å². The number of phenolic OH excluding ortho intramolecular Hbond substituents is 1. The molecule has 58 valence electrons. The maximum atomic E-state index is 9.11. The molecular weight excluding hydrogens is 156 g/mol. The molecule has 0 radical (unpaired) electrons. The van der Waals surface area contributed by atoms with E-state index in [1.807, 2.05) is 12.3 Å². The fraction of sp³-hybridized carbons (Fsp3) is 0.111. The summed E-state index contributed by atoms with van der Waals surface area (Å²) in [6, 6.07) is 5.27. The second kappa shape index (κ2) is 3.49. The van der Waals surface area contributed by atoms with Gasteiger partial charge in [-0.25, -0.2) is 0 Å². The minimum Gasteiger partial charge on any atom is -0.508 e. The third-order valence-electron chi connectivity index (χ3n) is 1.43. The van der Waals surface area contributed by atoms with Crippen LogP contribution in [0.2, 0.25) is 0 Å². The van der Waals surface area contributed by atoms with E-state index in [0.717, 1.165) is 10.5 Å². The van der Waals surface area contributed by atoms with Crippen LogP contribution in [0.25, 0.3) is 6.08 Å². The average molecular weight is 166 g/mol. The maximum Gasteiger partial charge on any atom is 0.116 e. The molecule has 1 N–H and O–H groups in total. The Morgan fingerprint density at radius 3 is 2.82 bits per heavy atom. The minimum atomic E-state index is 0.290. The van der Waals surface area contributed by atoms with Crippen molar-refractivity contribution in [2.24, 2.45) is 0 Å². The van der Waals surface area contributed by atoms with Crippen molar-refractivity contribution in [1.82, 2.24) is 0 Å². The van der Waals surface area contributed by atoms with Crippen LogP contribution in [-0.2, 0) is 0 Å². The lowest BCUT2D eigenvalue weighted by Crippen LogP contribution is -1.76. The van der Waals surface area contributed by atoms with Gasteiger partial charge in [-0.3, -0.25) is 0 Å². The molecule has 2 heteroatoms. The zero-order valence-electron chi connectivity index (χ0n) is 6.37. The molecule has 0 amide bonds. The van der Waals surface area contributed by atoms with Crippen LogP contribution in [0.4, 0.5) is 0 Å². The van der Waals surface area contributed by atoms with Crippen LogP contribution in [0.15, 0.2) is 29.7 Å². The summed E-state index contributed by atoms with van der Waals surface area (Å²) >= 11 is 1.65. The van der Waals surface area contributed by atoms with Crippen LogP contribution in [0.1, 0.15) is 5.56 Å². The Morgan fingerprint density at radius 1 is 1.55 bits per heavy atom. The number of rotatable bonds is 2. The van der Waals surface area contributed by atoms with Gasteiger partial charge in [0.15, 0.2) is 0 Å². The van der Waals surface area contributed by atoms with E-state index >= 15 is 0 Å². The smallest absolute Gasteiger partial charge is 0.116 e. The van der Waals surface area contributed by atoms with Crippen molar-refractivity contribution < 1.29 is 5.11 Å². The van der Waals surface area contributed by atoms with Gasteiger partial charge in [0.1, 0.15) is 5.75 Å². The van der Waals surface area contributed by atoms with Crippen molar-refractivity contribution in [3.05, 3.63) is 30.3 Å². The lowest BCUT2D eigenvalue weighted by atomic mass is 10.2. The predicted molar refractivity (Wildman–Crippen MR) is 50.0 cm³/mol. The summed E-state index contributed by atoms with van der Waals surface area (Å²) < 4.78 is 0. The Labute approximate surface area is 70.8 Å². The first-order valence-electron chi connectivity index (χ1n) is 3.27. The molecule has 11 heavy (non-hydrogen) atoms. The third kappa shape index (κ3) is 1.77. The highest BCUT2D eigenvalue weighted by Gasteiger charge is 1.97. The van der Waals surface area contributed by atoms with E-state index < -0.39 is 0 Å². The summed E-state index contributed by atoms with van der Waals surface area (Å²) in [5.41, 5.74) is 0.984. The standard InChI is InChI=1S/C9H10OS/c1-3-7-6-8(10)4-5-9(7)11-2/h3-6,10H,1H2,2H3. The topological polar surface area (TPSA) is 20.2 Å².